The maximum atomic E-state index is 12.0. The van der Waals surface area contributed by atoms with Gasteiger partial charge in [0.2, 0.25) is 0 Å². The Hall–Kier alpha value is -1.26. The molecule has 120 valence electrons. The van der Waals surface area contributed by atoms with Crippen LogP contribution in [0.2, 0.25) is 0 Å². The topological polar surface area (TPSA) is 69.6 Å². The normalized spacial score (nSPS) is 28.4. The number of urea groups is 1. The Balaban J connectivity index is 1.60. The second kappa shape index (κ2) is 7.14. The molecule has 2 saturated carbocycles. The summed E-state index contributed by atoms with van der Waals surface area (Å²) in [7, 11) is 1.86. The third-order valence-corrected chi connectivity index (χ3v) is 5.25. The number of hydrogen-bond donors (Lipinski definition) is 2. The van der Waals surface area contributed by atoms with Gasteiger partial charge in [0.25, 0.3) is 0 Å². The first-order valence-corrected chi connectivity index (χ1v) is 8.19. The maximum Gasteiger partial charge on any atom is 0.317 e. The molecule has 2 fully saturated rings. The molecule has 2 amide bonds. The quantitative estimate of drug-likeness (QED) is 0.709. The van der Waals surface area contributed by atoms with Gasteiger partial charge < -0.3 is 15.3 Å². The van der Waals surface area contributed by atoms with E-state index in [1.54, 1.807) is 11.8 Å². The van der Waals surface area contributed by atoms with Gasteiger partial charge in [0.05, 0.1) is 5.92 Å². The van der Waals surface area contributed by atoms with Crippen molar-refractivity contribution in [2.45, 2.75) is 45.4 Å². The fourth-order valence-corrected chi connectivity index (χ4v) is 3.90. The standard InChI is InChI=1S/C16H28N2O3/c1-11(15(19)20)4-3-7-17-16(21)18(2)10-14-9-12-5-6-13(14)8-12/h11-14H,3-10H2,1-2H3,(H,17,21)(H,19,20). The average molecular weight is 296 g/mol. The molecule has 5 heteroatoms. The molecule has 4 atom stereocenters. The van der Waals surface area contributed by atoms with Crippen LogP contribution in [-0.4, -0.2) is 42.1 Å². The monoisotopic (exact) mass is 296 g/mol. The van der Waals surface area contributed by atoms with E-state index in [2.05, 4.69) is 5.32 Å². The second-order valence-corrected chi connectivity index (χ2v) is 6.93. The number of nitrogens with one attached hydrogen (secondary N) is 1. The zero-order valence-corrected chi connectivity index (χ0v) is 13.2. The number of carbonyl (C=O) groups is 2. The fraction of sp³-hybridized carbons (Fsp3) is 0.875. The maximum absolute atomic E-state index is 12.0. The first-order chi connectivity index (χ1) is 9.97. The number of carbonyl (C=O) groups excluding carboxylic acids is 1. The molecule has 0 saturated heterocycles. The van der Waals surface area contributed by atoms with E-state index in [1.807, 2.05) is 7.05 Å². The summed E-state index contributed by atoms with van der Waals surface area (Å²) < 4.78 is 0. The largest absolute Gasteiger partial charge is 0.481 e. The molecule has 2 bridgehead atoms. The third kappa shape index (κ3) is 4.35. The Morgan fingerprint density at radius 3 is 2.67 bits per heavy atom. The molecule has 21 heavy (non-hydrogen) atoms. The van der Waals surface area contributed by atoms with Crippen LogP contribution >= 0.6 is 0 Å². The Kier molecular flexibility index (Phi) is 5.48. The Bertz CT molecular complexity index is 386. The van der Waals surface area contributed by atoms with Crippen molar-refractivity contribution in [3.63, 3.8) is 0 Å². The summed E-state index contributed by atoms with van der Waals surface area (Å²) in [5.41, 5.74) is 0. The van der Waals surface area contributed by atoms with Crippen molar-refractivity contribution >= 4 is 12.0 Å². The molecule has 0 aromatic heterocycles. The zero-order valence-electron chi connectivity index (χ0n) is 13.2. The molecule has 0 heterocycles. The number of hydrogen-bond acceptors (Lipinski definition) is 2. The molecule has 0 radical (unpaired) electrons. The van der Waals surface area contributed by atoms with Crippen LogP contribution in [0.3, 0.4) is 0 Å². The molecule has 5 nitrogen and oxygen atoms in total. The van der Waals surface area contributed by atoms with Crippen molar-refractivity contribution in [3.8, 4) is 0 Å². The minimum atomic E-state index is -0.769. The summed E-state index contributed by atoms with van der Waals surface area (Å²) >= 11 is 0. The van der Waals surface area contributed by atoms with Gasteiger partial charge in [-0.3, -0.25) is 4.79 Å². The van der Waals surface area contributed by atoms with Gasteiger partial charge in [-0.2, -0.15) is 0 Å². The van der Waals surface area contributed by atoms with Gasteiger partial charge >= 0.3 is 12.0 Å². The number of rotatable bonds is 7. The van der Waals surface area contributed by atoms with Gasteiger partial charge in [-0.1, -0.05) is 13.3 Å². The summed E-state index contributed by atoms with van der Waals surface area (Å²) in [5.74, 6) is 1.32. The minimum Gasteiger partial charge on any atom is -0.481 e. The minimum absolute atomic E-state index is 0.0271. The van der Waals surface area contributed by atoms with Crippen molar-refractivity contribution in [1.29, 1.82) is 0 Å². The van der Waals surface area contributed by atoms with Crippen molar-refractivity contribution in [2.75, 3.05) is 20.1 Å². The Labute approximate surface area is 127 Å². The van der Waals surface area contributed by atoms with E-state index in [9.17, 15) is 9.59 Å². The number of aliphatic carboxylic acids is 1. The molecule has 0 aromatic carbocycles. The van der Waals surface area contributed by atoms with E-state index < -0.39 is 5.97 Å². The van der Waals surface area contributed by atoms with E-state index in [1.165, 1.54) is 25.7 Å². The molecular weight excluding hydrogens is 268 g/mol. The average Bonchev–Trinajstić information content (AvgIpc) is 3.05. The number of fused-ring (bicyclic) bond motifs is 2. The van der Waals surface area contributed by atoms with E-state index in [0.717, 1.165) is 18.4 Å². The highest BCUT2D eigenvalue weighted by Crippen LogP contribution is 2.48. The molecule has 2 rings (SSSR count). The van der Waals surface area contributed by atoms with E-state index in [0.29, 0.717) is 25.3 Å². The molecule has 0 aromatic rings. The first kappa shape index (κ1) is 16.1. The number of nitrogens with zero attached hydrogens (tertiary/aromatic N) is 1. The summed E-state index contributed by atoms with van der Waals surface area (Å²) in [6, 6.07) is -0.0271. The van der Waals surface area contributed by atoms with Crippen LogP contribution in [0.25, 0.3) is 0 Å². The van der Waals surface area contributed by atoms with Crippen LogP contribution in [0.15, 0.2) is 0 Å². The molecule has 2 aliphatic rings. The predicted molar refractivity (Wildman–Crippen MR) is 81.0 cm³/mol. The van der Waals surface area contributed by atoms with Gasteiger partial charge in [-0.25, -0.2) is 4.79 Å². The van der Waals surface area contributed by atoms with Gasteiger partial charge in [0.1, 0.15) is 0 Å². The zero-order chi connectivity index (χ0) is 15.4. The van der Waals surface area contributed by atoms with Crippen molar-refractivity contribution in [1.82, 2.24) is 10.2 Å². The summed E-state index contributed by atoms with van der Waals surface area (Å²) in [4.78, 5) is 24.5. The van der Waals surface area contributed by atoms with Gasteiger partial charge in [0.15, 0.2) is 0 Å². The van der Waals surface area contributed by atoms with E-state index >= 15 is 0 Å². The van der Waals surface area contributed by atoms with Crippen LogP contribution in [-0.2, 0) is 4.79 Å². The highest BCUT2D eigenvalue weighted by Gasteiger charge is 2.40. The van der Waals surface area contributed by atoms with E-state index in [-0.39, 0.29) is 11.9 Å². The lowest BCUT2D eigenvalue weighted by molar-refractivity contribution is -0.141. The third-order valence-electron chi connectivity index (χ3n) is 5.25. The molecule has 0 aliphatic heterocycles. The summed E-state index contributed by atoms with van der Waals surface area (Å²) in [5, 5.41) is 11.7. The van der Waals surface area contributed by atoms with Crippen LogP contribution in [0, 0.1) is 23.7 Å². The summed E-state index contributed by atoms with van der Waals surface area (Å²) in [6.07, 6.45) is 6.70. The Morgan fingerprint density at radius 1 is 1.33 bits per heavy atom. The number of carboxylic acids is 1. The van der Waals surface area contributed by atoms with Gasteiger partial charge in [-0.05, 0) is 49.9 Å². The fourth-order valence-electron chi connectivity index (χ4n) is 3.90. The van der Waals surface area contributed by atoms with Crippen LogP contribution in [0.1, 0.15) is 45.4 Å². The van der Waals surface area contributed by atoms with E-state index in [4.69, 9.17) is 5.11 Å². The smallest absolute Gasteiger partial charge is 0.317 e. The van der Waals surface area contributed by atoms with Crippen molar-refractivity contribution in [2.24, 2.45) is 23.7 Å². The molecule has 2 aliphatic carbocycles. The Morgan fingerprint density at radius 2 is 2.10 bits per heavy atom. The highest BCUT2D eigenvalue weighted by molar-refractivity contribution is 5.73. The first-order valence-electron chi connectivity index (χ1n) is 8.19. The van der Waals surface area contributed by atoms with Crippen LogP contribution in [0.5, 0.6) is 0 Å². The lowest BCUT2D eigenvalue weighted by Crippen LogP contribution is -2.41. The molecule has 0 spiro atoms. The van der Waals surface area contributed by atoms with Gasteiger partial charge in [0, 0.05) is 20.1 Å². The molecular formula is C16H28N2O3. The van der Waals surface area contributed by atoms with Crippen LogP contribution in [0.4, 0.5) is 4.79 Å². The SMILES string of the molecule is CC(CCCNC(=O)N(C)CC1CC2CCC1C2)C(=O)O. The second-order valence-electron chi connectivity index (χ2n) is 6.93. The number of carboxylic acid groups (broad SMARTS) is 1. The predicted octanol–water partition coefficient (Wildman–Crippen LogP) is 2.56. The van der Waals surface area contributed by atoms with Crippen molar-refractivity contribution in [3.05, 3.63) is 0 Å². The lowest BCUT2D eigenvalue weighted by Gasteiger charge is -2.27. The number of amides is 2. The highest BCUT2D eigenvalue weighted by atomic mass is 16.4. The van der Waals surface area contributed by atoms with Crippen molar-refractivity contribution < 1.29 is 14.7 Å². The lowest BCUT2D eigenvalue weighted by atomic mass is 9.88. The van der Waals surface area contributed by atoms with Crippen LogP contribution < -0.4 is 5.32 Å². The summed E-state index contributed by atoms with van der Waals surface area (Å²) in [6.45, 7) is 3.11. The molecule has 2 N–H and O–H groups in total. The van der Waals surface area contributed by atoms with Gasteiger partial charge in [-0.15, -0.1) is 0 Å². The molecule has 4 unspecified atom stereocenters.